The molecule has 1 fully saturated rings. The maximum Gasteiger partial charge on any atom is 0.240 e. The molecule has 0 radical (unpaired) electrons. The number of halogens is 1. The second kappa shape index (κ2) is 8.93. The summed E-state index contributed by atoms with van der Waals surface area (Å²) >= 11 is 0. The Labute approximate surface area is 161 Å². The van der Waals surface area contributed by atoms with Crippen LogP contribution in [0.15, 0.2) is 28.8 Å². The summed E-state index contributed by atoms with van der Waals surface area (Å²) in [5.74, 6) is 2.11. The summed E-state index contributed by atoms with van der Waals surface area (Å²) in [5.41, 5.74) is 1.16. The lowest BCUT2D eigenvalue weighted by atomic mass is 10.0. The van der Waals surface area contributed by atoms with Crippen molar-refractivity contribution in [3.8, 4) is 0 Å². The van der Waals surface area contributed by atoms with E-state index in [-0.39, 0.29) is 11.7 Å². The first-order chi connectivity index (χ1) is 12.9. The number of benzene rings is 1. The fourth-order valence-electron chi connectivity index (χ4n) is 3.69. The molecule has 3 rings (SSSR count). The summed E-state index contributed by atoms with van der Waals surface area (Å²) in [4.78, 5) is 9.49. The van der Waals surface area contributed by atoms with E-state index < -0.39 is 0 Å². The first-order valence-corrected chi connectivity index (χ1v) is 9.95. The smallest absolute Gasteiger partial charge is 0.240 e. The van der Waals surface area contributed by atoms with Gasteiger partial charge in [0.15, 0.2) is 5.82 Å². The molecule has 0 unspecified atom stereocenters. The summed E-state index contributed by atoms with van der Waals surface area (Å²) in [5, 5.41) is 4.08. The Morgan fingerprint density at radius 3 is 2.48 bits per heavy atom. The number of hydrogen-bond acceptors (Lipinski definition) is 5. The van der Waals surface area contributed by atoms with Gasteiger partial charge in [0.25, 0.3) is 0 Å². The molecule has 1 aliphatic rings. The maximum atomic E-state index is 13.2. The molecule has 0 aliphatic carbocycles. The molecule has 2 heterocycles. The first kappa shape index (κ1) is 20.0. The highest BCUT2D eigenvalue weighted by atomic mass is 19.1. The Bertz CT molecular complexity index is 713. The van der Waals surface area contributed by atoms with Gasteiger partial charge in [-0.2, -0.15) is 4.98 Å². The van der Waals surface area contributed by atoms with Crippen LogP contribution < -0.4 is 0 Å². The van der Waals surface area contributed by atoms with Gasteiger partial charge in [-0.25, -0.2) is 4.39 Å². The molecule has 0 amide bonds. The molecule has 1 aliphatic heterocycles. The van der Waals surface area contributed by atoms with Crippen LogP contribution in [0.4, 0.5) is 4.39 Å². The summed E-state index contributed by atoms with van der Waals surface area (Å²) in [6, 6.07) is 7.31. The van der Waals surface area contributed by atoms with E-state index in [1.807, 2.05) is 12.1 Å². The molecular weight excluding hydrogens is 343 g/mol. The zero-order chi connectivity index (χ0) is 19.4. The van der Waals surface area contributed by atoms with Crippen LogP contribution in [0, 0.1) is 11.7 Å². The van der Waals surface area contributed by atoms with E-state index >= 15 is 0 Å². The van der Waals surface area contributed by atoms with Crippen molar-refractivity contribution in [2.24, 2.45) is 5.92 Å². The van der Waals surface area contributed by atoms with Gasteiger partial charge >= 0.3 is 0 Å². The second-order valence-electron chi connectivity index (χ2n) is 8.20. The first-order valence-electron chi connectivity index (χ1n) is 9.95. The van der Waals surface area contributed by atoms with Crippen LogP contribution >= 0.6 is 0 Å². The van der Waals surface area contributed by atoms with Crippen molar-refractivity contribution in [1.29, 1.82) is 0 Å². The van der Waals surface area contributed by atoms with Gasteiger partial charge in [0.1, 0.15) is 5.82 Å². The van der Waals surface area contributed by atoms with Crippen LogP contribution in [0.25, 0.3) is 0 Å². The van der Waals surface area contributed by atoms with Crippen molar-refractivity contribution in [2.75, 3.05) is 19.6 Å². The van der Waals surface area contributed by atoms with E-state index in [4.69, 9.17) is 4.52 Å². The molecule has 148 valence electrons. The van der Waals surface area contributed by atoms with Crippen LogP contribution in [0.5, 0.6) is 0 Å². The van der Waals surface area contributed by atoms with Crippen LogP contribution in [0.3, 0.4) is 0 Å². The zero-order valence-corrected chi connectivity index (χ0v) is 16.9. The average Bonchev–Trinajstić information content (AvgIpc) is 3.00. The molecule has 0 bridgehead atoms. The van der Waals surface area contributed by atoms with Crippen LogP contribution in [0.1, 0.15) is 57.3 Å². The van der Waals surface area contributed by atoms with Crippen molar-refractivity contribution in [3.63, 3.8) is 0 Å². The van der Waals surface area contributed by atoms with E-state index in [1.165, 1.54) is 0 Å². The quantitative estimate of drug-likeness (QED) is 0.763. The fraction of sp³-hybridized carbons (Fsp3) is 0.619. The van der Waals surface area contributed by atoms with Gasteiger partial charge in [0, 0.05) is 31.6 Å². The van der Waals surface area contributed by atoms with Gasteiger partial charge in [-0.05, 0) is 36.6 Å². The van der Waals surface area contributed by atoms with E-state index in [0.717, 1.165) is 44.0 Å². The van der Waals surface area contributed by atoms with Gasteiger partial charge in [-0.1, -0.05) is 45.0 Å². The topological polar surface area (TPSA) is 45.4 Å². The molecule has 1 aromatic carbocycles. The number of nitrogens with zero attached hydrogens (tertiary/aromatic N) is 4. The van der Waals surface area contributed by atoms with Gasteiger partial charge in [-0.3, -0.25) is 9.80 Å². The third-order valence-electron chi connectivity index (χ3n) is 5.26. The van der Waals surface area contributed by atoms with Crippen molar-refractivity contribution >= 4 is 0 Å². The predicted octanol–water partition coefficient (Wildman–Crippen LogP) is 4.06. The van der Waals surface area contributed by atoms with Crippen molar-refractivity contribution in [3.05, 3.63) is 47.4 Å². The van der Waals surface area contributed by atoms with Gasteiger partial charge in [0.05, 0.1) is 6.54 Å². The minimum absolute atomic E-state index is 0.179. The fourth-order valence-corrected chi connectivity index (χ4v) is 3.69. The van der Waals surface area contributed by atoms with Crippen LogP contribution in [-0.2, 0) is 13.1 Å². The standard InChI is InChI=1S/C21H31FN4O/c1-15(2)19-13-25(14-20-23-21(16(3)4)24-27-20)10-5-11-26(19)12-17-6-8-18(22)9-7-17/h6-9,15-16,19H,5,10-14H2,1-4H3/t19-/m0/s1. The normalized spacial score (nSPS) is 19.7. The van der Waals surface area contributed by atoms with Crippen molar-refractivity contribution in [2.45, 2.75) is 59.2 Å². The van der Waals surface area contributed by atoms with Gasteiger partial charge < -0.3 is 4.52 Å². The van der Waals surface area contributed by atoms with Crippen LogP contribution in [0.2, 0.25) is 0 Å². The maximum absolute atomic E-state index is 13.2. The number of aromatic nitrogens is 2. The lowest BCUT2D eigenvalue weighted by molar-refractivity contribution is 0.125. The van der Waals surface area contributed by atoms with E-state index in [0.29, 0.717) is 24.4 Å². The molecule has 5 nitrogen and oxygen atoms in total. The molecule has 1 aromatic heterocycles. The Morgan fingerprint density at radius 2 is 1.85 bits per heavy atom. The molecule has 0 N–H and O–H groups in total. The minimum Gasteiger partial charge on any atom is -0.338 e. The summed E-state index contributed by atoms with van der Waals surface area (Å²) < 4.78 is 18.7. The Kier molecular flexibility index (Phi) is 6.60. The summed E-state index contributed by atoms with van der Waals surface area (Å²) in [7, 11) is 0. The lowest BCUT2D eigenvalue weighted by Gasteiger charge is -2.34. The van der Waals surface area contributed by atoms with E-state index in [2.05, 4.69) is 47.6 Å². The van der Waals surface area contributed by atoms with Crippen molar-refractivity contribution in [1.82, 2.24) is 19.9 Å². The molecule has 2 aromatic rings. The molecular formula is C21H31FN4O. The van der Waals surface area contributed by atoms with Crippen molar-refractivity contribution < 1.29 is 8.91 Å². The Morgan fingerprint density at radius 1 is 1.11 bits per heavy atom. The lowest BCUT2D eigenvalue weighted by Crippen LogP contribution is -2.43. The average molecular weight is 375 g/mol. The van der Waals surface area contributed by atoms with Gasteiger partial charge in [-0.15, -0.1) is 0 Å². The Hall–Kier alpha value is -1.79. The van der Waals surface area contributed by atoms with E-state index in [9.17, 15) is 4.39 Å². The van der Waals surface area contributed by atoms with E-state index in [1.54, 1.807) is 12.1 Å². The monoisotopic (exact) mass is 374 g/mol. The zero-order valence-electron chi connectivity index (χ0n) is 16.9. The third kappa shape index (κ3) is 5.36. The summed E-state index contributed by atoms with van der Waals surface area (Å²) in [6.07, 6.45) is 1.09. The number of hydrogen-bond donors (Lipinski definition) is 0. The molecule has 6 heteroatoms. The molecule has 1 saturated heterocycles. The predicted molar refractivity (Wildman–Crippen MR) is 104 cm³/mol. The third-order valence-corrected chi connectivity index (χ3v) is 5.26. The Balaban J connectivity index is 1.67. The highest BCUT2D eigenvalue weighted by Crippen LogP contribution is 2.21. The summed E-state index contributed by atoms with van der Waals surface area (Å²) in [6.45, 7) is 13.3. The highest BCUT2D eigenvalue weighted by Gasteiger charge is 2.28. The second-order valence-corrected chi connectivity index (χ2v) is 8.20. The number of rotatable bonds is 6. The van der Waals surface area contributed by atoms with Gasteiger partial charge in [0.2, 0.25) is 5.89 Å². The molecule has 0 spiro atoms. The minimum atomic E-state index is -0.179. The SMILES string of the molecule is CC(C)c1noc(CN2CCCN(Cc3ccc(F)cc3)[C@H](C(C)C)C2)n1. The largest absolute Gasteiger partial charge is 0.338 e. The molecule has 27 heavy (non-hydrogen) atoms. The highest BCUT2D eigenvalue weighted by molar-refractivity contribution is 5.16. The molecule has 0 saturated carbocycles. The van der Waals surface area contributed by atoms with Crippen LogP contribution in [-0.4, -0.2) is 45.6 Å². The molecule has 1 atom stereocenters.